The van der Waals surface area contributed by atoms with Gasteiger partial charge in [-0.05, 0) is 24.6 Å². The third-order valence-electron chi connectivity index (χ3n) is 3.84. The fourth-order valence-corrected chi connectivity index (χ4v) is 2.85. The van der Waals surface area contributed by atoms with Crippen molar-refractivity contribution in [2.75, 3.05) is 13.2 Å². The minimum Gasteiger partial charge on any atom is -0.425 e. The zero-order valence-electron chi connectivity index (χ0n) is 13.0. The molecule has 3 rings (SSSR count). The first-order valence-corrected chi connectivity index (χ1v) is 7.86. The number of morpholine rings is 1. The van der Waals surface area contributed by atoms with Crippen LogP contribution < -0.4 is 0 Å². The summed E-state index contributed by atoms with van der Waals surface area (Å²) in [5.74, 6) is 0.751. The normalized spacial score (nSPS) is 21.4. The molecule has 7 heteroatoms. The van der Waals surface area contributed by atoms with E-state index in [0.717, 1.165) is 5.56 Å². The van der Waals surface area contributed by atoms with Crippen molar-refractivity contribution < 1.29 is 13.9 Å². The van der Waals surface area contributed by atoms with E-state index < -0.39 is 0 Å². The van der Waals surface area contributed by atoms with E-state index in [0.29, 0.717) is 30.0 Å². The highest BCUT2D eigenvalue weighted by atomic mass is 35.5. The topological polar surface area (TPSA) is 68.5 Å². The molecule has 1 aliphatic heterocycles. The number of benzene rings is 1. The van der Waals surface area contributed by atoms with Crippen LogP contribution in [0.4, 0.5) is 0 Å². The van der Waals surface area contributed by atoms with Gasteiger partial charge in [0.25, 0.3) is 0 Å². The van der Waals surface area contributed by atoms with E-state index in [-0.39, 0.29) is 24.5 Å². The molecule has 2 atom stereocenters. The van der Waals surface area contributed by atoms with Crippen LogP contribution in [0.1, 0.15) is 30.4 Å². The molecule has 0 aliphatic carbocycles. The fraction of sp³-hybridized carbons (Fsp3) is 0.438. The van der Waals surface area contributed by atoms with E-state index in [4.69, 9.17) is 20.8 Å². The maximum absolute atomic E-state index is 12.5. The van der Waals surface area contributed by atoms with E-state index in [1.165, 1.54) is 0 Å². The minimum absolute atomic E-state index is 0.00181. The molecule has 23 heavy (non-hydrogen) atoms. The molecule has 1 aromatic carbocycles. The second-order valence-corrected chi connectivity index (χ2v) is 6.10. The average Bonchev–Trinajstić information content (AvgIpc) is 2.92. The van der Waals surface area contributed by atoms with E-state index in [1.807, 2.05) is 31.2 Å². The van der Waals surface area contributed by atoms with Crippen LogP contribution >= 0.6 is 11.6 Å². The zero-order chi connectivity index (χ0) is 16.4. The Kier molecular flexibility index (Phi) is 4.63. The van der Waals surface area contributed by atoms with Gasteiger partial charge in [-0.3, -0.25) is 4.79 Å². The summed E-state index contributed by atoms with van der Waals surface area (Å²) < 4.78 is 11.2. The Bertz CT molecular complexity index is 703. The number of carbonyl (C=O) groups excluding carboxylic acids is 1. The largest absolute Gasteiger partial charge is 0.425 e. The van der Waals surface area contributed by atoms with Gasteiger partial charge in [0.1, 0.15) is 12.5 Å². The number of ether oxygens (including phenoxy) is 1. The van der Waals surface area contributed by atoms with Gasteiger partial charge in [0, 0.05) is 11.9 Å². The minimum atomic E-state index is -0.182. The lowest BCUT2D eigenvalue weighted by atomic mass is 10.1. The molecule has 1 aliphatic rings. The molecule has 122 valence electrons. The quantitative estimate of drug-likeness (QED) is 0.862. The SMILES string of the molecule is Cc1nnc(CC(=O)N2CC(c3cccc(Cl)c3)OCC2C)o1. The summed E-state index contributed by atoms with van der Waals surface area (Å²) in [4.78, 5) is 14.3. The number of amides is 1. The number of carbonyl (C=O) groups is 1. The van der Waals surface area contributed by atoms with Crippen LogP contribution in [0, 0.1) is 6.92 Å². The number of nitrogens with zero attached hydrogens (tertiary/aromatic N) is 3. The summed E-state index contributed by atoms with van der Waals surface area (Å²) in [5, 5.41) is 8.29. The second-order valence-electron chi connectivity index (χ2n) is 5.66. The van der Waals surface area contributed by atoms with E-state index in [2.05, 4.69) is 10.2 Å². The summed E-state index contributed by atoms with van der Waals surface area (Å²) in [6, 6.07) is 7.52. The Balaban J connectivity index is 1.71. The zero-order valence-corrected chi connectivity index (χ0v) is 13.8. The van der Waals surface area contributed by atoms with E-state index in [9.17, 15) is 4.79 Å². The first-order valence-electron chi connectivity index (χ1n) is 7.48. The Hall–Kier alpha value is -1.92. The number of hydrogen-bond donors (Lipinski definition) is 0. The van der Waals surface area contributed by atoms with Crippen LogP contribution in [-0.4, -0.2) is 40.2 Å². The molecule has 1 amide bonds. The van der Waals surface area contributed by atoms with Crippen LogP contribution in [0.5, 0.6) is 0 Å². The van der Waals surface area contributed by atoms with Gasteiger partial charge >= 0.3 is 0 Å². The Morgan fingerprint density at radius 1 is 1.43 bits per heavy atom. The number of halogens is 1. The van der Waals surface area contributed by atoms with Gasteiger partial charge < -0.3 is 14.1 Å². The summed E-state index contributed by atoms with van der Waals surface area (Å²) in [5.41, 5.74) is 0.968. The Morgan fingerprint density at radius 2 is 2.26 bits per heavy atom. The highest BCUT2D eigenvalue weighted by Crippen LogP contribution is 2.27. The highest BCUT2D eigenvalue weighted by Gasteiger charge is 2.31. The van der Waals surface area contributed by atoms with Crippen LogP contribution in [0.15, 0.2) is 28.7 Å². The van der Waals surface area contributed by atoms with Gasteiger partial charge in [0.05, 0.1) is 19.2 Å². The van der Waals surface area contributed by atoms with Gasteiger partial charge in [0.15, 0.2) is 0 Å². The molecule has 6 nitrogen and oxygen atoms in total. The highest BCUT2D eigenvalue weighted by molar-refractivity contribution is 6.30. The average molecular weight is 336 g/mol. The predicted octanol–water partition coefficient (Wildman–Crippen LogP) is 2.56. The first-order chi connectivity index (χ1) is 11.0. The van der Waals surface area contributed by atoms with Gasteiger partial charge in [-0.25, -0.2) is 0 Å². The lowest BCUT2D eigenvalue weighted by Gasteiger charge is -2.38. The maximum atomic E-state index is 12.5. The molecule has 0 spiro atoms. The van der Waals surface area contributed by atoms with Crippen LogP contribution in [0.3, 0.4) is 0 Å². The fourth-order valence-electron chi connectivity index (χ4n) is 2.65. The van der Waals surface area contributed by atoms with Crippen molar-refractivity contribution >= 4 is 17.5 Å². The van der Waals surface area contributed by atoms with Crippen molar-refractivity contribution in [2.24, 2.45) is 0 Å². The van der Waals surface area contributed by atoms with Crippen molar-refractivity contribution in [3.8, 4) is 0 Å². The number of hydrogen-bond acceptors (Lipinski definition) is 5. The third-order valence-corrected chi connectivity index (χ3v) is 4.08. The lowest BCUT2D eigenvalue weighted by Crippen LogP contribution is -2.48. The van der Waals surface area contributed by atoms with Gasteiger partial charge in [0.2, 0.25) is 17.7 Å². The van der Waals surface area contributed by atoms with Gasteiger partial charge in [-0.15, -0.1) is 10.2 Å². The van der Waals surface area contributed by atoms with E-state index >= 15 is 0 Å². The summed E-state index contributed by atoms with van der Waals surface area (Å²) in [6.45, 7) is 4.62. The monoisotopic (exact) mass is 335 g/mol. The molecular formula is C16H18ClN3O3. The number of aromatic nitrogens is 2. The number of rotatable bonds is 3. The standard InChI is InChI=1S/C16H18ClN3O3/c1-10-9-22-14(12-4-3-5-13(17)6-12)8-20(10)16(21)7-15-19-18-11(2)23-15/h3-6,10,14H,7-9H2,1-2H3. The summed E-state index contributed by atoms with van der Waals surface area (Å²) >= 11 is 6.04. The molecule has 2 heterocycles. The van der Waals surface area contributed by atoms with Crippen LogP contribution in [0.25, 0.3) is 0 Å². The summed E-state index contributed by atoms with van der Waals surface area (Å²) in [6.07, 6.45) is -0.0775. The summed E-state index contributed by atoms with van der Waals surface area (Å²) in [7, 11) is 0. The smallest absolute Gasteiger partial charge is 0.232 e. The predicted molar refractivity (Wildman–Crippen MR) is 84.1 cm³/mol. The molecule has 0 radical (unpaired) electrons. The molecule has 1 aromatic heterocycles. The first kappa shape index (κ1) is 16.0. The molecule has 0 saturated carbocycles. The molecular weight excluding hydrogens is 318 g/mol. The number of aryl methyl sites for hydroxylation is 1. The molecule has 0 N–H and O–H groups in total. The van der Waals surface area contributed by atoms with Crippen molar-refractivity contribution in [3.63, 3.8) is 0 Å². The van der Waals surface area contributed by atoms with Crippen LogP contribution in [0.2, 0.25) is 5.02 Å². The third kappa shape index (κ3) is 3.71. The second kappa shape index (κ2) is 6.68. The van der Waals surface area contributed by atoms with Crippen molar-refractivity contribution in [1.29, 1.82) is 0 Å². The molecule has 2 unspecified atom stereocenters. The lowest BCUT2D eigenvalue weighted by molar-refractivity contribution is -0.144. The van der Waals surface area contributed by atoms with Crippen molar-refractivity contribution in [1.82, 2.24) is 15.1 Å². The van der Waals surface area contributed by atoms with Crippen LogP contribution in [-0.2, 0) is 16.0 Å². The Morgan fingerprint density at radius 3 is 2.96 bits per heavy atom. The van der Waals surface area contributed by atoms with Gasteiger partial charge in [-0.1, -0.05) is 23.7 Å². The molecule has 1 saturated heterocycles. The molecule has 2 aromatic rings. The van der Waals surface area contributed by atoms with E-state index in [1.54, 1.807) is 11.8 Å². The van der Waals surface area contributed by atoms with Crippen molar-refractivity contribution in [2.45, 2.75) is 32.4 Å². The Labute approximate surface area is 139 Å². The molecule has 1 fully saturated rings. The molecule has 0 bridgehead atoms. The van der Waals surface area contributed by atoms with Gasteiger partial charge in [-0.2, -0.15) is 0 Å². The van der Waals surface area contributed by atoms with Crippen molar-refractivity contribution in [3.05, 3.63) is 46.6 Å². The maximum Gasteiger partial charge on any atom is 0.232 e.